The number of carbonyl (C=O) groups excluding carboxylic acids is 2. The summed E-state index contributed by atoms with van der Waals surface area (Å²) < 4.78 is 5.10. The number of thiophene rings is 1. The van der Waals surface area contributed by atoms with Gasteiger partial charge >= 0.3 is 5.97 Å². The van der Waals surface area contributed by atoms with Gasteiger partial charge in [0.25, 0.3) is 0 Å². The first-order chi connectivity index (χ1) is 12.1. The van der Waals surface area contributed by atoms with Gasteiger partial charge in [0, 0.05) is 23.7 Å². The summed E-state index contributed by atoms with van der Waals surface area (Å²) in [6.07, 6.45) is 1.45. The van der Waals surface area contributed by atoms with Crippen molar-refractivity contribution in [2.45, 2.75) is 13.8 Å². The van der Waals surface area contributed by atoms with Crippen LogP contribution in [0, 0.1) is 0 Å². The van der Waals surface area contributed by atoms with Gasteiger partial charge < -0.3 is 15.4 Å². The van der Waals surface area contributed by atoms with Gasteiger partial charge in [-0.1, -0.05) is 0 Å². The largest absolute Gasteiger partial charge is 0.462 e. The van der Waals surface area contributed by atoms with Crippen molar-refractivity contribution in [2.24, 2.45) is 0 Å². The van der Waals surface area contributed by atoms with Crippen LogP contribution in [-0.4, -0.2) is 28.5 Å². The van der Waals surface area contributed by atoms with Crippen molar-refractivity contribution in [3.05, 3.63) is 41.5 Å². The fourth-order valence-electron chi connectivity index (χ4n) is 2.31. The lowest BCUT2D eigenvalue weighted by molar-refractivity contribution is -0.114. The Hall–Kier alpha value is -3.00. The fraction of sp³-hybridized carbons (Fsp3) is 0.176. The lowest BCUT2D eigenvalue weighted by Crippen LogP contribution is -2.06. The number of nitrogens with zero attached hydrogens (tertiary/aromatic N) is 2. The zero-order valence-corrected chi connectivity index (χ0v) is 14.5. The molecule has 3 rings (SSSR count). The second kappa shape index (κ2) is 7.27. The third-order valence-corrected chi connectivity index (χ3v) is 4.22. The van der Waals surface area contributed by atoms with Crippen molar-refractivity contribution < 1.29 is 14.3 Å². The third-order valence-electron chi connectivity index (χ3n) is 3.33. The van der Waals surface area contributed by atoms with E-state index in [2.05, 4.69) is 20.6 Å². The van der Waals surface area contributed by atoms with Gasteiger partial charge in [-0.2, -0.15) is 0 Å². The van der Waals surface area contributed by atoms with Gasteiger partial charge in [0.15, 0.2) is 0 Å². The average molecular weight is 356 g/mol. The summed E-state index contributed by atoms with van der Waals surface area (Å²) in [4.78, 5) is 32.4. The standard InChI is InChI=1S/C17H16N4O3S/c1-3-24-17(23)13-8-25-16-14(13)15(18-9-19-16)21-12-6-4-11(5-7-12)20-10(2)22/h4-9H,3H2,1-2H3,(H,20,22)(H,18,19,21). The number of rotatable bonds is 5. The van der Waals surface area contributed by atoms with Crippen LogP contribution in [0.4, 0.5) is 17.2 Å². The Morgan fingerprint density at radius 3 is 2.56 bits per heavy atom. The number of carbonyl (C=O) groups is 2. The van der Waals surface area contributed by atoms with Crippen LogP contribution in [0.5, 0.6) is 0 Å². The SMILES string of the molecule is CCOC(=O)c1csc2ncnc(Nc3ccc(NC(C)=O)cc3)c12. The summed E-state index contributed by atoms with van der Waals surface area (Å²) >= 11 is 1.36. The van der Waals surface area contributed by atoms with Gasteiger partial charge in [-0.15, -0.1) is 11.3 Å². The van der Waals surface area contributed by atoms with Gasteiger partial charge in [-0.25, -0.2) is 14.8 Å². The van der Waals surface area contributed by atoms with E-state index < -0.39 is 5.97 Å². The molecule has 2 heterocycles. The molecule has 0 saturated carbocycles. The summed E-state index contributed by atoms with van der Waals surface area (Å²) in [5.41, 5.74) is 1.92. The summed E-state index contributed by atoms with van der Waals surface area (Å²) in [6.45, 7) is 3.52. The molecule has 0 bridgehead atoms. The second-order valence-corrected chi connectivity index (χ2v) is 6.01. The molecular weight excluding hydrogens is 340 g/mol. The molecule has 0 aliphatic carbocycles. The highest BCUT2D eigenvalue weighted by Crippen LogP contribution is 2.31. The Balaban J connectivity index is 1.92. The summed E-state index contributed by atoms with van der Waals surface area (Å²) in [7, 11) is 0. The quantitative estimate of drug-likeness (QED) is 0.679. The number of hydrogen-bond acceptors (Lipinski definition) is 7. The molecule has 0 radical (unpaired) electrons. The highest BCUT2D eigenvalue weighted by Gasteiger charge is 2.18. The van der Waals surface area contributed by atoms with Crippen LogP contribution in [0.3, 0.4) is 0 Å². The maximum absolute atomic E-state index is 12.1. The maximum atomic E-state index is 12.1. The summed E-state index contributed by atoms with van der Waals surface area (Å²) in [5.74, 6) is 0.00440. The molecule has 2 aromatic heterocycles. The van der Waals surface area contributed by atoms with Crippen molar-refractivity contribution in [3.8, 4) is 0 Å². The molecule has 0 aliphatic heterocycles. The lowest BCUT2D eigenvalue weighted by atomic mass is 10.2. The van der Waals surface area contributed by atoms with Crippen LogP contribution < -0.4 is 10.6 Å². The first-order valence-corrected chi connectivity index (χ1v) is 8.50. The van der Waals surface area contributed by atoms with E-state index in [1.807, 2.05) is 12.1 Å². The molecule has 0 aliphatic rings. The molecule has 0 unspecified atom stereocenters. The molecule has 7 nitrogen and oxygen atoms in total. The Bertz CT molecular complexity index is 921. The molecule has 0 spiro atoms. The lowest BCUT2D eigenvalue weighted by Gasteiger charge is -2.09. The van der Waals surface area contributed by atoms with E-state index in [4.69, 9.17) is 4.74 Å². The smallest absolute Gasteiger partial charge is 0.339 e. The number of nitrogens with one attached hydrogen (secondary N) is 2. The number of benzene rings is 1. The van der Waals surface area contributed by atoms with Crippen molar-refractivity contribution >= 4 is 50.6 Å². The van der Waals surface area contributed by atoms with Gasteiger partial charge in [0.05, 0.1) is 17.6 Å². The molecule has 3 aromatic rings. The van der Waals surface area contributed by atoms with E-state index in [1.165, 1.54) is 24.6 Å². The number of amides is 1. The van der Waals surface area contributed by atoms with Crippen LogP contribution in [0.1, 0.15) is 24.2 Å². The third kappa shape index (κ3) is 3.74. The zero-order valence-electron chi connectivity index (χ0n) is 13.7. The molecule has 0 fully saturated rings. The molecule has 1 aromatic carbocycles. The normalized spacial score (nSPS) is 10.5. The van der Waals surface area contributed by atoms with E-state index in [-0.39, 0.29) is 5.91 Å². The molecule has 0 atom stereocenters. The molecule has 8 heteroatoms. The number of aromatic nitrogens is 2. The maximum Gasteiger partial charge on any atom is 0.339 e. The molecule has 2 N–H and O–H groups in total. The van der Waals surface area contributed by atoms with Crippen LogP contribution >= 0.6 is 11.3 Å². The minimum atomic E-state index is -0.396. The molecular formula is C17H16N4O3S. The van der Waals surface area contributed by atoms with E-state index >= 15 is 0 Å². The Kier molecular flexibility index (Phi) is 4.90. The van der Waals surface area contributed by atoms with Crippen molar-refractivity contribution in [2.75, 3.05) is 17.2 Å². The highest BCUT2D eigenvalue weighted by molar-refractivity contribution is 7.17. The molecule has 1 amide bonds. The summed E-state index contributed by atoms with van der Waals surface area (Å²) in [5, 5.41) is 8.25. The monoisotopic (exact) mass is 356 g/mol. The van der Waals surface area contributed by atoms with Gasteiger partial charge in [0.1, 0.15) is 17.0 Å². The minimum absolute atomic E-state index is 0.129. The number of fused-ring (bicyclic) bond motifs is 1. The van der Waals surface area contributed by atoms with E-state index in [9.17, 15) is 9.59 Å². The number of ether oxygens (including phenoxy) is 1. The van der Waals surface area contributed by atoms with Crippen LogP contribution in [0.15, 0.2) is 36.0 Å². The van der Waals surface area contributed by atoms with Crippen LogP contribution in [0.25, 0.3) is 10.2 Å². The first-order valence-electron chi connectivity index (χ1n) is 7.62. The second-order valence-electron chi connectivity index (χ2n) is 5.16. The van der Waals surface area contributed by atoms with E-state index in [1.54, 1.807) is 24.4 Å². The van der Waals surface area contributed by atoms with Gasteiger partial charge in [-0.3, -0.25) is 4.79 Å². The highest BCUT2D eigenvalue weighted by atomic mass is 32.1. The number of hydrogen-bond donors (Lipinski definition) is 2. The number of esters is 1. The van der Waals surface area contributed by atoms with E-state index in [0.717, 1.165) is 5.69 Å². The Labute approximate surface area is 148 Å². The molecule has 0 saturated heterocycles. The summed E-state index contributed by atoms with van der Waals surface area (Å²) in [6, 6.07) is 7.19. The molecule has 25 heavy (non-hydrogen) atoms. The zero-order chi connectivity index (χ0) is 17.8. The van der Waals surface area contributed by atoms with Crippen molar-refractivity contribution in [1.82, 2.24) is 9.97 Å². The van der Waals surface area contributed by atoms with E-state index in [0.29, 0.717) is 33.9 Å². The fourth-order valence-corrected chi connectivity index (χ4v) is 3.18. The van der Waals surface area contributed by atoms with Crippen LogP contribution in [-0.2, 0) is 9.53 Å². The van der Waals surface area contributed by atoms with Crippen molar-refractivity contribution in [3.63, 3.8) is 0 Å². The van der Waals surface area contributed by atoms with Crippen LogP contribution in [0.2, 0.25) is 0 Å². The average Bonchev–Trinajstić information content (AvgIpc) is 3.02. The van der Waals surface area contributed by atoms with Crippen molar-refractivity contribution in [1.29, 1.82) is 0 Å². The minimum Gasteiger partial charge on any atom is -0.462 e. The number of anilines is 3. The predicted molar refractivity (Wildman–Crippen MR) is 97.4 cm³/mol. The Morgan fingerprint density at radius 1 is 1.16 bits per heavy atom. The van der Waals surface area contributed by atoms with Gasteiger partial charge in [0.2, 0.25) is 5.91 Å². The Morgan fingerprint density at radius 2 is 1.88 bits per heavy atom. The van der Waals surface area contributed by atoms with Gasteiger partial charge in [-0.05, 0) is 31.2 Å². The predicted octanol–water partition coefficient (Wildman–Crippen LogP) is 3.57. The molecule has 128 valence electrons. The first kappa shape index (κ1) is 16.8. The topological polar surface area (TPSA) is 93.2 Å².